The zero-order chi connectivity index (χ0) is 22.1. The molecule has 1 aliphatic carbocycles. The average molecular weight is 449 g/mol. The largest absolute Gasteiger partial charge is 0.477 e. The third-order valence-electron chi connectivity index (χ3n) is 6.33. The van der Waals surface area contributed by atoms with Crippen molar-refractivity contribution in [2.45, 2.75) is 18.9 Å². The summed E-state index contributed by atoms with van der Waals surface area (Å²) in [7, 11) is 3.54. The number of halogens is 2. The number of hydroxylamine groups is 1. The minimum absolute atomic E-state index is 0.0189. The maximum Gasteiger partial charge on any atom is 0.341 e. The molecule has 0 atom stereocenters. The number of anilines is 1. The molecule has 1 spiro atoms. The number of benzene rings is 1. The van der Waals surface area contributed by atoms with Crippen LogP contribution in [0.25, 0.3) is 10.9 Å². The Kier molecular flexibility index (Phi) is 4.55. The molecule has 1 aromatic carbocycles. The van der Waals surface area contributed by atoms with Crippen LogP contribution in [0.15, 0.2) is 29.0 Å². The number of pyridine rings is 1. The van der Waals surface area contributed by atoms with E-state index in [1.54, 1.807) is 15.7 Å². The second-order valence-corrected chi connectivity index (χ2v) is 9.04. The van der Waals surface area contributed by atoms with E-state index in [-0.39, 0.29) is 33.1 Å². The monoisotopic (exact) mass is 448 g/mol. The van der Waals surface area contributed by atoms with Gasteiger partial charge in [-0.3, -0.25) is 15.1 Å². The van der Waals surface area contributed by atoms with Crippen molar-refractivity contribution in [2.75, 3.05) is 38.7 Å². The molecule has 5 rings (SSSR count). The van der Waals surface area contributed by atoms with Gasteiger partial charge < -0.3 is 19.5 Å². The highest BCUT2D eigenvalue weighted by Gasteiger charge is 2.50. The number of nitrogens with zero attached hydrogens (tertiary/aromatic N) is 3. The molecule has 3 heterocycles. The summed E-state index contributed by atoms with van der Waals surface area (Å²) in [5.74, 6) is -2.01. The highest BCUT2D eigenvalue weighted by molar-refractivity contribution is 6.38. The van der Waals surface area contributed by atoms with Crippen LogP contribution in [0.3, 0.4) is 0 Å². The number of rotatable bonds is 5. The summed E-state index contributed by atoms with van der Waals surface area (Å²) in [5, 5.41) is 9.52. The SMILES string of the molecule is CONC1=CN(c2c(F)cc3c(=O)c(C(=O)O)cn(C4CC4)c3c2Cl)CC12CN(C)C2. The summed E-state index contributed by atoms with van der Waals surface area (Å²) in [5.41, 5.74) is 2.95. The van der Waals surface area contributed by atoms with Crippen LogP contribution in [0.2, 0.25) is 5.02 Å². The number of carboxylic acid groups (broad SMARTS) is 1. The van der Waals surface area contributed by atoms with Gasteiger partial charge in [-0.25, -0.2) is 9.18 Å². The van der Waals surface area contributed by atoms with E-state index in [2.05, 4.69) is 10.4 Å². The van der Waals surface area contributed by atoms with Crippen LogP contribution in [0.5, 0.6) is 0 Å². The summed E-state index contributed by atoms with van der Waals surface area (Å²) in [4.78, 5) is 33.4. The van der Waals surface area contributed by atoms with E-state index in [0.717, 1.165) is 37.7 Å². The smallest absolute Gasteiger partial charge is 0.341 e. The minimum atomic E-state index is -1.34. The lowest BCUT2D eigenvalue weighted by Crippen LogP contribution is -2.58. The van der Waals surface area contributed by atoms with E-state index >= 15 is 4.39 Å². The van der Waals surface area contributed by atoms with Crippen molar-refractivity contribution >= 4 is 34.2 Å². The van der Waals surface area contributed by atoms with Crippen molar-refractivity contribution in [3.05, 3.63) is 50.8 Å². The van der Waals surface area contributed by atoms with Gasteiger partial charge in [-0.05, 0) is 26.0 Å². The van der Waals surface area contributed by atoms with Gasteiger partial charge in [0.15, 0.2) is 0 Å². The minimum Gasteiger partial charge on any atom is -0.477 e. The summed E-state index contributed by atoms with van der Waals surface area (Å²) in [6.07, 6.45) is 4.82. The first-order valence-electron chi connectivity index (χ1n) is 10.0. The fourth-order valence-electron chi connectivity index (χ4n) is 4.88. The summed E-state index contributed by atoms with van der Waals surface area (Å²) in [6, 6.07) is 1.16. The molecule has 3 aliphatic rings. The number of hydrogen-bond acceptors (Lipinski definition) is 6. The van der Waals surface area contributed by atoms with Gasteiger partial charge in [-0.2, -0.15) is 0 Å². The van der Waals surface area contributed by atoms with Crippen molar-refractivity contribution < 1.29 is 19.1 Å². The van der Waals surface area contributed by atoms with E-state index in [1.165, 1.54) is 13.3 Å². The predicted octanol–water partition coefficient (Wildman–Crippen LogP) is 2.57. The van der Waals surface area contributed by atoms with Crippen LogP contribution in [0.4, 0.5) is 10.1 Å². The third-order valence-corrected chi connectivity index (χ3v) is 6.69. The molecular weight excluding hydrogens is 427 g/mol. The molecule has 2 N–H and O–H groups in total. The van der Waals surface area contributed by atoms with Gasteiger partial charge in [0.05, 0.1) is 39.8 Å². The first kappa shape index (κ1) is 20.3. The van der Waals surface area contributed by atoms with Crippen LogP contribution >= 0.6 is 11.6 Å². The number of aromatic carboxylic acids is 1. The topological polar surface area (TPSA) is 87.0 Å². The van der Waals surface area contributed by atoms with Gasteiger partial charge in [-0.15, -0.1) is 0 Å². The first-order valence-corrected chi connectivity index (χ1v) is 10.4. The molecule has 2 aliphatic heterocycles. The average Bonchev–Trinajstić information content (AvgIpc) is 3.46. The number of carboxylic acids is 1. The molecule has 1 saturated carbocycles. The van der Waals surface area contributed by atoms with Gasteiger partial charge in [0.1, 0.15) is 11.4 Å². The Bertz CT molecular complexity index is 1200. The lowest BCUT2D eigenvalue weighted by atomic mass is 9.79. The molecule has 164 valence electrons. The standard InChI is InChI=1S/C21H22ClFN4O4/c1-25-8-21(9-25)10-26(7-15(21)24-31-2)18-14(23)5-12-17(16(18)22)27(11-3-4-11)6-13(19(12)28)20(29)30/h5-7,11,24H,3-4,8-10H2,1-2H3,(H,29,30). The second kappa shape index (κ2) is 6.94. The zero-order valence-corrected chi connectivity index (χ0v) is 17.9. The van der Waals surface area contributed by atoms with Gasteiger partial charge in [0.25, 0.3) is 0 Å². The molecule has 8 nitrogen and oxygen atoms in total. The van der Waals surface area contributed by atoms with E-state index in [9.17, 15) is 14.7 Å². The number of hydrogen-bond donors (Lipinski definition) is 2. The van der Waals surface area contributed by atoms with Gasteiger partial charge in [-0.1, -0.05) is 11.6 Å². The van der Waals surface area contributed by atoms with E-state index < -0.39 is 17.2 Å². The summed E-state index contributed by atoms with van der Waals surface area (Å²) in [6.45, 7) is 2.08. The normalized spacial score (nSPS) is 20.3. The number of fused-ring (bicyclic) bond motifs is 1. The summed E-state index contributed by atoms with van der Waals surface area (Å²) < 4.78 is 17.1. The fourth-order valence-corrected chi connectivity index (χ4v) is 5.28. The third kappa shape index (κ3) is 3.02. The van der Waals surface area contributed by atoms with Crippen molar-refractivity contribution in [1.82, 2.24) is 14.9 Å². The predicted molar refractivity (Wildman–Crippen MR) is 114 cm³/mol. The van der Waals surface area contributed by atoms with Crippen molar-refractivity contribution in [2.24, 2.45) is 5.41 Å². The second-order valence-electron chi connectivity index (χ2n) is 8.66. The molecule has 2 aromatic rings. The van der Waals surface area contributed by atoms with Crippen molar-refractivity contribution in [1.29, 1.82) is 0 Å². The molecule has 0 bridgehead atoms. The Morgan fingerprint density at radius 1 is 1.35 bits per heavy atom. The number of nitrogens with one attached hydrogen (secondary N) is 1. The highest BCUT2D eigenvalue weighted by Crippen LogP contribution is 2.47. The van der Waals surface area contributed by atoms with E-state index in [1.807, 2.05) is 7.05 Å². The quantitative estimate of drug-likeness (QED) is 0.680. The zero-order valence-electron chi connectivity index (χ0n) is 17.1. The molecule has 1 aromatic heterocycles. The van der Waals surface area contributed by atoms with Crippen LogP contribution < -0.4 is 15.8 Å². The number of likely N-dealkylation sites (tertiary alicyclic amines) is 1. The molecule has 1 saturated heterocycles. The van der Waals surface area contributed by atoms with Gasteiger partial charge >= 0.3 is 5.97 Å². The number of carbonyl (C=O) groups is 1. The number of aromatic nitrogens is 1. The molecule has 0 unspecified atom stereocenters. The molecule has 0 radical (unpaired) electrons. The Balaban J connectivity index is 1.69. The van der Waals surface area contributed by atoms with Crippen LogP contribution in [0, 0.1) is 11.2 Å². The molecule has 2 fully saturated rings. The van der Waals surface area contributed by atoms with Gasteiger partial charge in [0.2, 0.25) is 5.43 Å². The molecule has 10 heteroatoms. The van der Waals surface area contributed by atoms with Crippen LogP contribution in [-0.4, -0.2) is 54.3 Å². The lowest BCUT2D eigenvalue weighted by molar-refractivity contribution is 0.0262. The fraction of sp³-hybridized carbons (Fsp3) is 0.429. The maximum absolute atomic E-state index is 15.3. The first-order chi connectivity index (χ1) is 14.8. The Hall–Kier alpha value is -2.62. The van der Waals surface area contributed by atoms with E-state index in [4.69, 9.17) is 16.4 Å². The van der Waals surface area contributed by atoms with Crippen molar-refractivity contribution in [3.8, 4) is 0 Å². The Labute approximate surface area is 182 Å². The molecule has 31 heavy (non-hydrogen) atoms. The van der Waals surface area contributed by atoms with Crippen molar-refractivity contribution in [3.63, 3.8) is 0 Å². The maximum atomic E-state index is 15.3. The van der Waals surface area contributed by atoms with E-state index in [0.29, 0.717) is 12.1 Å². The van der Waals surface area contributed by atoms with Gasteiger partial charge in [0, 0.05) is 38.1 Å². The Morgan fingerprint density at radius 3 is 2.65 bits per heavy atom. The summed E-state index contributed by atoms with van der Waals surface area (Å²) >= 11 is 6.74. The Morgan fingerprint density at radius 2 is 2.06 bits per heavy atom. The van der Waals surface area contributed by atoms with Crippen LogP contribution in [0.1, 0.15) is 29.2 Å². The highest BCUT2D eigenvalue weighted by atomic mass is 35.5. The molecular formula is C21H22ClFN4O4. The van der Waals surface area contributed by atoms with Crippen LogP contribution in [-0.2, 0) is 4.84 Å². The molecule has 0 amide bonds. The lowest BCUT2D eigenvalue weighted by Gasteiger charge is -2.47.